The molecule has 0 saturated heterocycles. The largest absolute Gasteiger partial charge is 0.507 e. The van der Waals surface area contributed by atoms with E-state index >= 15 is 0 Å². The normalized spacial score (nSPS) is 10.3. The molecule has 2 aromatic rings. The van der Waals surface area contributed by atoms with E-state index in [2.05, 4.69) is 29.4 Å². The number of allylic oxidation sites excluding steroid dienone is 2. The highest BCUT2D eigenvalue weighted by Crippen LogP contribution is 2.30. The zero-order valence-electron chi connectivity index (χ0n) is 15.5. The zero-order valence-corrected chi connectivity index (χ0v) is 16.3. The molecule has 0 aliphatic heterocycles. The number of benzene rings is 1. The van der Waals surface area contributed by atoms with E-state index in [1.165, 1.54) is 11.8 Å². The van der Waals surface area contributed by atoms with E-state index in [9.17, 15) is 9.90 Å². The Balaban J connectivity index is 0.000000550. The fourth-order valence-corrected chi connectivity index (χ4v) is 2.61. The van der Waals surface area contributed by atoms with Gasteiger partial charge in [0.15, 0.2) is 0 Å². The minimum atomic E-state index is -0.223. The number of carbonyl (C=O) groups excluding carboxylic acids is 1. The van der Waals surface area contributed by atoms with Crippen molar-refractivity contribution in [2.45, 2.75) is 39.0 Å². The molecule has 0 atom stereocenters. The number of pyridine rings is 1. The van der Waals surface area contributed by atoms with E-state index in [0.29, 0.717) is 16.3 Å². The third-order valence-corrected chi connectivity index (χ3v) is 4.25. The third kappa shape index (κ3) is 6.27. The Morgan fingerprint density at radius 2 is 2.04 bits per heavy atom. The van der Waals surface area contributed by atoms with Crippen LogP contribution in [0.15, 0.2) is 47.5 Å². The second-order valence-corrected chi connectivity index (χ2v) is 6.29. The van der Waals surface area contributed by atoms with Gasteiger partial charge in [-0.05, 0) is 62.8 Å². The summed E-state index contributed by atoms with van der Waals surface area (Å²) in [5, 5.41) is 12.6. The van der Waals surface area contributed by atoms with Gasteiger partial charge in [0.25, 0.3) is 5.91 Å². The van der Waals surface area contributed by atoms with Gasteiger partial charge in [-0.25, -0.2) is 4.98 Å². The number of phenolic OH excluding ortho intramolecular Hbond substituents is 1. The average Bonchev–Trinajstić information content (AvgIpc) is 2.58. The van der Waals surface area contributed by atoms with Crippen LogP contribution in [-0.4, -0.2) is 22.3 Å². The Kier molecular flexibility index (Phi) is 8.78. The maximum absolute atomic E-state index is 12.3. The number of aromatic hydroxyl groups is 1. The van der Waals surface area contributed by atoms with Gasteiger partial charge in [-0.15, -0.1) is 11.8 Å². The Morgan fingerprint density at radius 1 is 1.32 bits per heavy atom. The quantitative estimate of drug-likeness (QED) is 0.571. The molecule has 1 heterocycles. The van der Waals surface area contributed by atoms with Crippen LogP contribution in [0.3, 0.4) is 0 Å². The predicted octanol–water partition coefficient (Wildman–Crippen LogP) is 5.35. The summed E-state index contributed by atoms with van der Waals surface area (Å²) in [5.74, 6) is 0.524. The molecule has 0 unspecified atom stereocenters. The van der Waals surface area contributed by atoms with Crippen LogP contribution in [0.25, 0.3) is 0 Å². The van der Waals surface area contributed by atoms with Crippen molar-refractivity contribution in [2.75, 3.05) is 11.6 Å². The van der Waals surface area contributed by atoms with Crippen molar-refractivity contribution in [3.8, 4) is 5.75 Å². The van der Waals surface area contributed by atoms with Crippen molar-refractivity contribution in [3.05, 3.63) is 59.3 Å². The number of thioether (sulfide) groups is 1. The molecule has 0 bridgehead atoms. The topological polar surface area (TPSA) is 62.2 Å². The van der Waals surface area contributed by atoms with Crippen LogP contribution in [0, 0.1) is 13.8 Å². The number of carbonyl (C=O) groups is 1. The van der Waals surface area contributed by atoms with E-state index < -0.39 is 0 Å². The van der Waals surface area contributed by atoms with Crippen LogP contribution in [-0.2, 0) is 0 Å². The van der Waals surface area contributed by atoms with Gasteiger partial charge in [-0.3, -0.25) is 4.79 Å². The first kappa shape index (κ1) is 20.8. The summed E-state index contributed by atoms with van der Waals surface area (Å²) in [5.41, 5.74) is 2.17. The summed E-state index contributed by atoms with van der Waals surface area (Å²) < 4.78 is 0. The molecule has 0 saturated carbocycles. The predicted molar refractivity (Wildman–Crippen MR) is 107 cm³/mol. The maximum atomic E-state index is 12.3. The van der Waals surface area contributed by atoms with Crippen molar-refractivity contribution in [1.82, 2.24) is 4.98 Å². The second kappa shape index (κ2) is 10.6. The number of amides is 1. The Bertz CT molecular complexity index is 742. The first-order valence-electron chi connectivity index (χ1n) is 8.16. The average molecular weight is 359 g/mol. The first-order chi connectivity index (χ1) is 11.9. The lowest BCUT2D eigenvalue weighted by Gasteiger charge is -2.11. The minimum absolute atomic E-state index is 0.195. The van der Waals surface area contributed by atoms with Crippen LogP contribution in [0.1, 0.15) is 41.8 Å². The number of hydrogen-bond acceptors (Lipinski definition) is 4. The molecule has 134 valence electrons. The molecule has 5 heteroatoms. The molecule has 1 aromatic carbocycles. The highest BCUT2D eigenvalue weighted by atomic mass is 32.2. The van der Waals surface area contributed by atoms with Crippen molar-refractivity contribution >= 4 is 23.5 Å². The van der Waals surface area contributed by atoms with Gasteiger partial charge < -0.3 is 10.4 Å². The fourth-order valence-electron chi connectivity index (χ4n) is 2.11. The SMILES string of the molecule is C/C=C/CC.CSc1cc(C(=O)Nc2ncccc2C)c(C)cc1O. The molecule has 4 nitrogen and oxygen atoms in total. The third-order valence-electron chi connectivity index (χ3n) is 3.48. The summed E-state index contributed by atoms with van der Waals surface area (Å²) in [6.45, 7) is 7.84. The Morgan fingerprint density at radius 3 is 2.56 bits per heavy atom. The molecule has 0 radical (unpaired) electrons. The molecule has 1 amide bonds. The standard InChI is InChI=1S/C15H16N2O2S.C5H10/c1-9-5-4-6-16-14(9)17-15(19)11-8-13(20-3)12(18)7-10(11)2;1-3-5-4-2/h4-8,18H,1-3H3,(H,16,17,19);3,5H,4H2,1-2H3/b;5-3+. The van der Waals surface area contributed by atoms with Gasteiger partial charge in [0, 0.05) is 16.7 Å². The smallest absolute Gasteiger partial charge is 0.257 e. The summed E-state index contributed by atoms with van der Waals surface area (Å²) in [4.78, 5) is 17.2. The van der Waals surface area contributed by atoms with Gasteiger partial charge >= 0.3 is 0 Å². The number of anilines is 1. The molecule has 0 spiro atoms. The zero-order chi connectivity index (χ0) is 18.8. The van der Waals surface area contributed by atoms with Crippen LogP contribution in [0.2, 0.25) is 0 Å². The Hall–Kier alpha value is -2.27. The van der Waals surface area contributed by atoms with E-state index in [0.717, 1.165) is 17.5 Å². The number of phenols is 1. The summed E-state index contributed by atoms with van der Waals surface area (Å²) in [6.07, 6.45) is 8.84. The summed E-state index contributed by atoms with van der Waals surface area (Å²) >= 11 is 1.40. The molecule has 25 heavy (non-hydrogen) atoms. The van der Waals surface area contributed by atoms with Gasteiger partial charge in [0.05, 0.1) is 0 Å². The number of aromatic nitrogens is 1. The molecular formula is C20H26N2O2S. The molecule has 0 fully saturated rings. The highest BCUT2D eigenvalue weighted by Gasteiger charge is 2.14. The molecule has 0 aliphatic carbocycles. The maximum Gasteiger partial charge on any atom is 0.257 e. The number of hydrogen-bond donors (Lipinski definition) is 2. The fraction of sp³-hybridized carbons (Fsp3) is 0.300. The van der Waals surface area contributed by atoms with E-state index in [1.807, 2.05) is 32.2 Å². The lowest BCUT2D eigenvalue weighted by atomic mass is 10.1. The summed E-state index contributed by atoms with van der Waals surface area (Å²) in [6, 6.07) is 7.01. The van der Waals surface area contributed by atoms with Crippen molar-refractivity contribution < 1.29 is 9.90 Å². The van der Waals surface area contributed by atoms with E-state index in [4.69, 9.17) is 0 Å². The molecule has 0 aliphatic rings. The van der Waals surface area contributed by atoms with Gasteiger partial charge in [0.2, 0.25) is 0 Å². The molecule has 2 N–H and O–H groups in total. The lowest BCUT2D eigenvalue weighted by Crippen LogP contribution is -2.15. The number of rotatable bonds is 4. The lowest BCUT2D eigenvalue weighted by molar-refractivity contribution is 0.102. The molecule has 2 rings (SSSR count). The molecule has 1 aromatic heterocycles. The number of nitrogens with one attached hydrogen (secondary N) is 1. The van der Waals surface area contributed by atoms with E-state index in [-0.39, 0.29) is 11.7 Å². The van der Waals surface area contributed by atoms with Gasteiger partial charge in [-0.1, -0.05) is 25.1 Å². The monoisotopic (exact) mass is 358 g/mol. The molecular weight excluding hydrogens is 332 g/mol. The second-order valence-electron chi connectivity index (χ2n) is 5.44. The summed E-state index contributed by atoms with van der Waals surface area (Å²) in [7, 11) is 0. The van der Waals surface area contributed by atoms with Crippen molar-refractivity contribution in [2.24, 2.45) is 0 Å². The highest BCUT2D eigenvalue weighted by molar-refractivity contribution is 7.98. The van der Waals surface area contributed by atoms with Crippen molar-refractivity contribution in [3.63, 3.8) is 0 Å². The van der Waals surface area contributed by atoms with Crippen LogP contribution >= 0.6 is 11.8 Å². The Labute approximate surface area is 154 Å². The van der Waals surface area contributed by atoms with Gasteiger partial charge in [-0.2, -0.15) is 0 Å². The van der Waals surface area contributed by atoms with Crippen LogP contribution < -0.4 is 5.32 Å². The minimum Gasteiger partial charge on any atom is -0.507 e. The number of nitrogens with zero attached hydrogens (tertiary/aromatic N) is 1. The van der Waals surface area contributed by atoms with Crippen molar-refractivity contribution in [1.29, 1.82) is 0 Å². The van der Waals surface area contributed by atoms with Gasteiger partial charge in [0.1, 0.15) is 11.6 Å². The van der Waals surface area contributed by atoms with Crippen LogP contribution in [0.5, 0.6) is 5.75 Å². The number of aryl methyl sites for hydroxylation is 2. The first-order valence-corrected chi connectivity index (χ1v) is 9.38. The van der Waals surface area contributed by atoms with Crippen LogP contribution in [0.4, 0.5) is 5.82 Å². The van der Waals surface area contributed by atoms with E-state index in [1.54, 1.807) is 25.3 Å².